The van der Waals surface area contributed by atoms with Gasteiger partial charge in [0.1, 0.15) is 35.6 Å². The fourth-order valence-corrected chi connectivity index (χ4v) is 8.41. The molecule has 4 atom stereocenters. The predicted octanol–water partition coefficient (Wildman–Crippen LogP) is 4.61. The van der Waals surface area contributed by atoms with Gasteiger partial charge in [0.05, 0.1) is 26.7 Å². The summed E-state index contributed by atoms with van der Waals surface area (Å²) in [6.45, 7) is 6.78. The van der Waals surface area contributed by atoms with E-state index >= 15 is 4.39 Å². The van der Waals surface area contributed by atoms with Gasteiger partial charge in [0.25, 0.3) is 0 Å². The summed E-state index contributed by atoms with van der Waals surface area (Å²) in [4.78, 5) is 22.4. The Morgan fingerprint density at radius 2 is 2.07 bits per heavy atom. The number of hydrogen-bond acceptors (Lipinski definition) is 10. The molecule has 4 aromatic rings. The number of nitrogens with one attached hydrogen (secondary N) is 1. The molecular formula is C30H31F3N8OS. The minimum absolute atomic E-state index is 0.0158. The molecule has 4 saturated heterocycles. The first-order valence-electron chi connectivity index (χ1n) is 14.7. The van der Waals surface area contributed by atoms with Crippen LogP contribution in [0.4, 0.5) is 24.1 Å². The van der Waals surface area contributed by atoms with E-state index in [4.69, 9.17) is 15.5 Å². The van der Waals surface area contributed by atoms with Crippen molar-refractivity contribution in [2.24, 2.45) is 0 Å². The fourth-order valence-electron chi connectivity index (χ4n) is 7.65. The highest BCUT2D eigenvalue weighted by Crippen LogP contribution is 2.42. The summed E-state index contributed by atoms with van der Waals surface area (Å²) in [5.74, 6) is -0.649. The lowest BCUT2D eigenvalue weighted by Gasteiger charge is -2.40. The second-order valence-electron chi connectivity index (χ2n) is 12.3. The van der Waals surface area contributed by atoms with Gasteiger partial charge in [-0.05, 0) is 44.4 Å². The third-order valence-electron chi connectivity index (χ3n) is 9.68. The van der Waals surface area contributed by atoms with Crippen LogP contribution in [0.15, 0.2) is 31.0 Å². The number of pyridine rings is 1. The van der Waals surface area contributed by atoms with E-state index in [0.29, 0.717) is 42.8 Å². The number of rotatable bonds is 6. The van der Waals surface area contributed by atoms with E-state index in [0.717, 1.165) is 43.6 Å². The molecular weight excluding hydrogens is 577 g/mol. The third kappa shape index (κ3) is 4.26. The molecule has 3 aromatic heterocycles. The summed E-state index contributed by atoms with van der Waals surface area (Å²) in [7, 11) is 0. The van der Waals surface area contributed by atoms with Crippen LogP contribution in [0.2, 0.25) is 0 Å². The molecule has 4 aliphatic rings. The number of aromatic nitrogens is 4. The van der Waals surface area contributed by atoms with E-state index in [1.807, 2.05) is 6.08 Å². The van der Waals surface area contributed by atoms with Crippen LogP contribution in [-0.2, 0) is 0 Å². The van der Waals surface area contributed by atoms with Crippen molar-refractivity contribution in [3.8, 4) is 17.3 Å². The highest BCUT2D eigenvalue weighted by Gasteiger charge is 2.49. The molecule has 0 radical (unpaired) electrons. The number of alkyl halides is 1. The number of benzene rings is 1. The van der Waals surface area contributed by atoms with Crippen molar-refractivity contribution < 1.29 is 17.9 Å². The van der Waals surface area contributed by atoms with Gasteiger partial charge in [-0.25, -0.2) is 18.2 Å². The number of ether oxygens (including phenoxy) is 1. The molecule has 1 aromatic carbocycles. The average Bonchev–Trinajstić information content (AvgIpc) is 3.73. The zero-order chi connectivity index (χ0) is 29.5. The SMILES string of the molecule is C=CC12CCC(CN(c3nc(OCC45CCCN4CC(F)C5)nc4c(F)c(-c5ccc(F)c6sc(N)nc56)ncc34)C1)N2. The molecule has 0 spiro atoms. The Hall–Kier alpha value is -3.55. The maximum atomic E-state index is 16.6. The van der Waals surface area contributed by atoms with E-state index in [1.54, 1.807) is 6.20 Å². The summed E-state index contributed by atoms with van der Waals surface area (Å²) in [6, 6.07) is 2.98. The smallest absolute Gasteiger partial charge is 0.319 e. The van der Waals surface area contributed by atoms with Crippen molar-refractivity contribution in [3.63, 3.8) is 0 Å². The lowest BCUT2D eigenvalue weighted by atomic mass is 9.95. The van der Waals surface area contributed by atoms with Crippen molar-refractivity contribution in [2.45, 2.75) is 55.4 Å². The number of nitrogens with two attached hydrogens (primary N) is 1. The monoisotopic (exact) mass is 608 g/mol. The maximum absolute atomic E-state index is 16.6. The first kappa shape index (κ1) is 27.0. The number of thiazole rings is 1. The fraction of sp³-hybridized carbons (Fsp3) is 0.467. The summed E-state index contributed by atoms with van der Waals surface area (Å²) >= 11 is 0.999. The molecule has 9 nitrogen and oxygen atoms in total. The van der Waals surface area contributed by atoms with Crippen LogP contribution < -0.4 is 20.7 Å². The van der Waals surface area contributed by atoms with Crippen LogP contribution in [0.3, 0.4) is 0 Å². The van der Waals surface area contributed by atoms with E-state index in [1.165, 1.54) is 12.1 Å². The lowest BCUT2D eigenvalue weighted by Crippen LogP contribution is -2.58. The van der Waals surface area contributed by atoms with Crippen LogP contribution in [0.25, 0.3) is 32.4 Å². The summed E-state index contributed by atoms with van der Waals surface area (Å²) < 4.78 is 52.0. The minimum Gasteiger partial charge on any atom is -0.461 e. The zero-order valence-electron chi connectivity index (χ0n) is 23.5. The topological polar surface area (TPSA) is 105 Å². The molecule has 43 heavy (non-hydrogen) atoms. The number of nitrogens with zero attached hydrogens (tertiary/aromatic N) is 6. The van der Waals surface area contributed by atoms with Gasteiger partial charge in [-0.2, -0.15) is 9.97 Å². The molecule has 4 aliphatic heterocycles. The van der Waals surface area contributed by atoms with Crippen molar-refractivity contribution in [3.05, 3.63) is 42.6 Å². The van der Waals surface area contributed by atoms with E-state index in [9.17, 15) is 8.78 Å². The van der Waals surface area contributed by atoms with Gasteiger partial charge in [0.15, 0.2) is 10.9 Å². The second-order valence-corrected chi connectivity index (χ2v) is 13.4. The largest absolute Gasteiger partial charge is 0.461 e. The molecule has 0 aliphatic carbocycles. The Morgan fingerprint density at radius 3 is 2.93 bits per heavy atom. The van der Waals surface area contributed by atoms with Crippen molar-refractivity contribution in [1.82, 2.24) is 30.2 Å². The van der Waals surface area contributed by atoms with Gasteiger partial charge < -0.3 is 20.7 Å². The normalized spacial score (nSPS) is 28.7. The van der Waals surface area contributed by atoms with Crippen molar-refractivity contribution in [1.29, 1.82) is 0 Å². The average molecular weight is 609 g/mol. The van der Waals surface area contributed by atoms with Gasteiger partial charge in [0, 0.05) is 43.9 Å². The first-order valence-corrected chi connectivity index (χ1v) is 15.5. The highest BCUT2D eigenvalue weighted by atomic mass is 32.1. The first-order chi connectivity index (χ1) is 20.8. The molecule has 13 heteroatoms. The Labute approximate surface area is 250 Å². The third-order valence-corrected chi connectivity index (χ3v) is 10.6. The van der Waals surface area contributed by atoms with E-state index < -0.39 is 23.3 Å². The molecule has 0 saturated carbocycles. The molecule has 7 heterocycles. The van der Waals surface area contributed by atoms with Crippen molar-refractivity contribution in [2.75, 3.05) is 43.4 Å². The van der Waals surface area contributed by atoms with Crippen LogP contribution in [0, 0.1) is 11.6 Å². The number of nitrogen functional groups attached to an aromatic ring is 1. The van der Waals surface area contributed by atoms with Crippen LogP contribution in [-0.4, -0.2) is 80.9 Å². The lowest BCUT2D eigenvalue weighted by molar-refractivity contribution is 0.107. The number of anilines is 2. The summed E-state index contributed by atoms with van der Waals surface area (Å²) in [5.41, 5.74) is 5.78. The van der Waals surface area contributed by atoms with E-state index in [-0.39, 0.29) is 50.8 Å². The maximum Gasteiger partial charge on any atom is 0.319 e. The Bertz CT molecular complexity index is 1790. The number of piperazine rings is 1. The van der Waals surface area contributed by atoms with Crippen LogP contribution in [0.5, 0.6) is 6.01 Å². The molecule has 0 amide bonds. The molecule has 4 fully saturated rings. The minimum atomic E-state index is -0.901. The molecule has 4 unspecified atom stereocenters. The summed E-state index contributed by atoms with van der Waals surface area (Å²) in [6.07, 6.45) is 6.74. The molecule has 8 rings (SSSR count). The highest BCUT2D eigenvalue weighted by molar-refractivity contribution is 7.22. The second kappa shape index (κ2) is 9.73. The predicted molar refractivity (Wildman–Crippen MR) is 160 cm³/mol. The Morgan fingerprint density at radius 1 is 1.19 bits per heavy atom. The molecule has 3 N–H and O–H groups in total. The Kier molecular flexibility index (Phi) is 6.12. The van der Waals surface area contributed by atoms with Gasteiger partial charge in [0.2, 0.25) is 0 Å². The summed E-state index contributed by atoms with van der Waals surface area (Å²) in [5, 5.41) is 4.28. The van der Waals surface area contributed by atoms with Crippen molar-refractivity contribution >= 4 is 43.4 Å². The van der Waals surface area contributed by atoms with Gasteiger partial charge in [-0.3, -0.25) is 9.88 Å². The zero-order valence-corrected chi connectivity index (χ0v) is 24.3. The van der Waals surface area contributed by atoms with Gasteiger partial charge >= 0.3 is 6.01 Å². The molecule has 224 valence electrons. The quantitative estimate of drug-likeness (QED) is 0.304. The molecule has 2 bridgehead atoms. The van der Waals surface area contributed by atoms with E-state index in [2.05, 4.69) is 36.6 Å². The van der Waals surface area contributed by atoms with Crippen LogP contribution in [0.1, 0.15) is 32.1 Å². The number of halogens is 3. The standard InChI is InChI=1S/C30H31F3N8OS/c1-2-29-8-6-17(39-29)13-40(14-29)26-19-11-35-22(18-4-5-20(32)25-24(18)36-27(34)43-25)21(33)23(19)37-28(38-26)42-15-30-7-3-9-41(30)12-16(31)10-30/h2,4-5,11,16-17,39H,1,3,6-10,12-15H2,(H2,34,36). The van der Waals surface area contributed by atoms with Gasteiger partial charge in [-0.1, -0.05) is 17.4 Å². The number of hydrogen-bond donors (Lipinski definition) is 2. The van der Waals surface area contributed by atoms with Crippen LogP contribution >= 0.6 is 11.3 Å². The Balaban J connectivity index is 1.25. The van der Waals surface area contributed by atoms with Gasteiger partial charge in [-0.15, -0.1) is 6.58 Å². The number of fused-ring (bicyclic) bond motifs is 5.